The van der Waals surface area contributed by atoms with Crippen molar-refractivity contribution in [3.05, 3.63) is 64.9 Å². The largest absolute Gasteiger partial charge is 0.454 e. The van der Waals surface area contributed by atoms with Crippen molar-refractivity contribution >= 4 is 17.2 Å². The molecule has 26 heavy (non-hydrogen) atoms. The maximum Gasteiger partial charge on any atom is 0.251 e. The molecular formula is C19H15FN2O3S. The summed E-state index contributed by atoms with van der Waals surface area (Å²) in [6, 6.07) is 11.5. The van der Waals surface area contributed by atoms with Gasteiger partial charge in [-0.1, -0.05) is 12.1 Å². The number of carbonyl (C=O) groups excluding carboxylic acids is 1. The smallest absolute Gasteiger partial charge is 0.251 e. The van der Waals surface area contributed by atoms with E-state index in [0.29, 0.717) is 30.0 Å². The SMILES string of the molecule is O=C(NCCc1csc(-c2cccc(F)c2)n1)c1ccc2c(c1)OCO2. The zero-order valence-electron chi connectivity index (χ0n) is 13.7. The predicted molar refractivity (Wildman–Crippen MR) is 96.1 cm³/mol. The number of benzene rings is 2. The molecule has 0 fully saturated rings. The third kappa shape index (κ3) is 3.52. The lowest BCUT2D eigenvalue weighted by molar-refractivity contribution is 0.0953. The summed E-state index contributed by atoms with van der Waals surface area (Å²) in [4.78, 5) is 16.7. The molecule has 0 spiro atoms. The Balaban J connectivity index is 1.34. The number of carbonyl (C=O) groups is 1. The van der Waals surface area contributed by atoms with Crippen molar-refractivity contribution in [3.8, 4) is 22.1 Å². The van der Waals surface area contributed by atoms with Gasteiger partial charge in [0.1, 0.15) is 10.8 Å². The third-order valence-corrected chi connectivity index (χ3v) is 4.86. The monoisotopic (exact) mass is 370 g/mol. The highest BCUT2D eigenvalue weighted by Crippen LogP contribution is 2.32. The molecule has 7 heteroatoms. The average molecular weight is 370 g/mol. The van der Waals surface area contributed by atoms with Crippen LogP contribution in [0.3, 0.4) is 0 Å². The van der Waals surface area contributed by atoms with Gasteiger partial charge in [0.05, 0.1) is 5.69 Å². The van der Waals surface area contributed by atoms with Gasteiger partial charge in [-0.05, 0) is 30.3 Å². The van der Waals surface area contributed by atoms with E-state index in [-0.39, 0.29) is 18.5 Å². The number of nitrogens with one attached hydrogen (secondary N) is 1. The molecule has 0 saturated heterocycles. The zero-order chi connectivity index (χ0) is 17.9. The number of ether oxygens (including phenoxy) is 2. The van der Waals surface area contributed by atoms with Crippen LogP contribution in [-0.4, -0.2) is 24.2 Å². The summed E-state index contributed by atoms with van der Waals surface area (Å²) in [6.07, 6.45) is 0.599. The Labute approximate surface area is 153 Å². The van der Waals surface area contributed by atoms with E-state index >= 15 is 0 Å². The number of rotatable bonds is 5. The van der Waals surface area contributed by atoms with Gasteiger partial charge in [0, 0.05) is 29.5 Å². The lowest BCUT2D eigenvalue weighted by atomic mass is 10.2. The van der Waals surface area contributed by atoms with E-state index in [0.717, 1.165) is 16.3 Å². The Bertz CT molecular complexity index is 957. The Morgan fingerprint density at radius 1 is 1.19 bits per heavy atom. The molecule has 0 saturated carbocycles. The summed E-state index contributed by atoms with van der Waals surface area (Å²) in [5, 5.41) is 5.56. The minimum absolute atomic E-state index is 0.177. The van der Waals surface area contributed by atoms with Gasteiger partial charge in [-0.15, -0.1) is 11.3 Å². The van der Waals surface area contributed by atoms with Crippen molar-refractivity contribution in [3.63, 3.8) is 0 Å². The number of aromatic nitrogens is 1. The van der Waals surface area contributed by atoms with Crippen molar-refractivity contribution < 1.29 is 18.7 Å². The van der Waals surface area contributed by atoms with E-state index in [2.05, 4.69) is 10.3 Å². The molecule has 1 aliphatic heterocycles. The highest BCUT2D eigenvalue weighted by Gasteiger charge is 2.16. The first-order valence-electron chi connectivity index (χ1n) is 8.07. The summed E-state index contributed by atoms with van der Waals surface area (Å²) in [5.74, 6) is 0.768. The van der Waals surface area contributed by atoms with Crippen LogP contribution in [0.2, 0.25) is 0 Å². The Morgan fingerprint density at radius 2 is 2.08 bits per heavy atom. The van der Waals surface area contributed by atoms with Gasteiger partial charge in [-0.25, -0.2) is 9.37 Å². The van der Waals surface area contributed by atoms with Crippen LogP contribution in [0.1, 0.15) is 16.1 Å². The summed E-state index contributed by atoms with van der Waals surface area (Å²) in [5.41, 5.74) is 2.14. The van der Waals surface area contributed by atoms with E-state index in [4.69, 9.17) is 9.47 Å². The number of hydrogen-bond acceptors (Lipinski definition) is 5. The van der Waals surface area contributed by atoms with Crippen LogP contribution in [-0.2, 0) is 6.42 Å². The van der Waals surface area contributed by atoms with Crippen LogP contribution < -0.4 is 14.8 Å². The maximum atomic E-state index is 13.3. The normalized spacial score (nSPS) is 12.2. The first kappa shape index (κ1) is 16.5. The average Bonchev–Trinajstić information content (AvgIpc) is 3.30. The Kier molecular flexibility index (Phi) is 4.53. The zero-order valence-corrected chi connectivity index (χ0v) is 14.5. The summed E-state index contributed by atoms with van der Waals surface area (Å²) >= 11 is 1.46. The third-order valence-electron chi connectivity index (χ3n) is 3.92. The molecule has 2 heterocycles. The molecule has 2 aromatic carbocycles. The molecule has 1 aromatic heterocycles. The number of halogens is 1. The topological polar surface area (TPSA) is 60.5 Å². The molecule has 1 aliphatic rings. The molecule has 0 atom stereocenters. The lowest BCUT2D eigenvalue weighted by Crippen LogP contribution is -2.25. The van der Waals surface area contributed by atoms with E-state index in [9.17, 15) is 9.18 Å². The molecule has 1 amide bonds. The molecule has 3 aromatic rings. The second-order valence-corrected chi connectivity index (χ2v) is 6.59. The fraction of sp³-hybridized carbons (Fsp3) is 0.158. The lowest BCUT2D eigenvalue weighted by Gasteiger charge is -2.05. The second-order valence-electron chi connectivity index (χ2n) is 5.73. The highest BCUT2D eigenvalue weighted by atomic mass is 32.1. The van der Waals surface area contributed by atoms with E-state index in [1.807, 2.05) is 11.4 Å². The first-order chi connectivity index (χ1) is 12.7. The van der Waals surface area contributed by atoms with Crippen molar-refractivity contribution in [2.45, 2.75) is 6.42 Å². The molecule has 4 rings (SSSR count). The number of nitrogens with zero attached hydrogens (tertiary/aromatic N) is 1. The van der Waals surface area contributed by atoms with Crippen LogP contribution in [0.5, 0.6) is 11.5 Å². The molecule has 0 bridgehead atoms. The molecule has 0 unspecified atom stereocenters. The van der Waals surface area contributed by atoms with Gasteiger partial charge in [0.2, 0.25) is 6.79 Å². The number of amides is 1. The molecule has 132 valence electrons. The molecular weight excluding hydrogens is 355 g/mol. The van der Waals surface area contributed by atoms with Gasteiger partial charge < -0.3 is 14.8 Å². The van der Waals surface area contributed by atoms with Crippen LogP contribution in [0, 0.1) is 5.82 Å². The molecule has 0 radical (unpaired) electrons. The van der Waals surface area contributed by atoms with Crippen molar-refractivity contribution in [1.82, 2.24) is 10.3 Å². The Morgan fingerprint density at radius 3 is 2.96 bits per heavy atom. The van der Waals surface area contributed by atoms with Gasteiger partial charge in [-0.2, -0.15) is 0 Å². The summed E-state index contributed by atoms with van der Waals surface area (Å²) < 4.78 is 23.8. The predicted octanol–water partition coefficient (Wildman–Crippen LogP) is 3.65. The summed E-state index contributed by atoms with van der Waals surface area (Å²) in [6.45, 7) is 0.636. The fourth-order valence-corrected chi connectivity index (χ4v) is 3.47. The van der Waals surface area contributed by atoms with Crippen molar-refractivity contribution in [2.24, 2.45) is 0 Å². The van der Waals surface area contributed by atoms with Gasteiger partial charge in [0.25, 0.3) is 5.91 Å². The van der Waals surface area contributed by atoms with E-state index in [1.165, 1.54) is 23.5 Å². The number of thiazole rings is 1. The van der Waals surface area contributed by atoms with Crippen LogP contribution in [0.25, 0.3) is 10.6 Å². The van der Waals surface area contributed by atoms with Gasteiger partial charge in [0.15, 0.2) is 11.5 Å². The van der Waals surface area contributed by atoms with Crippen LogP contribution in [0.15, 0.2) is 47.8 Å². The highest BCUT2D eigenvalue weighted by molar-refractivity contribution is 7.13. The van der Waals surface area contributed by atoms with Crippen LogP contribution in [0.4, 0.5) is 4.39 Å². The first-order valence-corrected chi connectivity index (χ1v) is 8.95. The van der Waals surface area contributed by atoms with E-state index < -0.39 is 0 Å². The van der Waals surface area contributed by atoms with Gasteiger partial charge >= 0.3 is 0 Å². The molecule has 1 N–H and O–H groups in total. The molecule has 0 aliphatic carbocycles. The van der Waals surface area contributed by atoms with Crippen molar-refractivity contribution in [1.29, 1.82) is 0 Å². The van der Waals surface area contributed by atoms with E-state index in [1.54, 1.807) is 24.3 Å². The minimum atomic E-state index is -0.282. The standard InChI is InChI=1S/C19H15FN2O3S/c20-14-3-1-2-13(8-14)19-22-15(10-26-19)6-7-21-18(23)12-4-5-16-17(9-12)25-11-24-16/h1-5,8-10H,6-7,11H2,(H,21,23). The molecule has 5 nitrogen and oxygen atoms in total. The fourth-order valence-electron chi connectivity index (χ4n) is 2.62. The van der Waals surface area contributed by atoms with Crippen molar-refractivity contribution in [2.75, 3.05) is 13.3 Å². The van der Waals surface area contributed by atoms with Gasteiger partial charge in [-0.3, -0.25) is 4.79 Å². The Hall–Kier alpha value is -2.93. The summed E-state index contributed by atoms with van der Waals surface area (Å²) in [7, 11) is 0. The maximum absolute atomic E-state index is 13.3. The number of fused-ring (bicyclic) bond motifs is 1. The second kappa shape index (κ2) is 7.13. The minimum Gasteiger partial charge on any atom is -0.454 e. The number of hydrogen-bond donors (Lipinski definition) is 1. The van der Waals surface area contributed by atoms with Crippen LogP contribution >= 0.6 is 11.3 Å². The quantitative estimate of drug-likeness (QED) is 0.745.